The molecule has 28 heavy (non-hydrogen) atoms. The summed E-state index contributed by atoms with van der Waals surface area (Å²) in [5.74, 6) is 0.721. The van der Waals surface area contributed by atoms with Crippen molar-refractivity contribution in [3.63, 3.8) is 0 Å². The molecule has 0 N–H and O–H groups in total. The van der Waals surface area contributed by atoms with Gasteiger partial charge in [-0.25, -0.2) is 0 Å². The number of furan rings is 1. The van der Waals surface area contributed by atoms with Gasteiger partial charge < -0.3 is 9.32 Å². The van der Waals surface area contributed by atoms with Crippen LogP contribution in [-0.2, 0) is 11.3 Å². The van der Waals surface area contributed by atoms with Crippen molar-refractivity contribution in [3.8, 4) is 11.3 Å². The first kappa shape index (κ1) is 18.2. The van der Waals surface area contributed by atoms with Gasteiger partial charge in [-0.15, -0.1) is 0 Å². The monoisotopic (exact) mass is 376 g/mol. The first-order chi connectivity index (χ1) is 13.8. The third-order valence-corrected chi connectivity index (χ3v) is 5.17. The van der Waals surface area contributed by atoms with Crippen LogP contribution in [0.5, 0.6) is 0 Å². The molecule has 1 fully saturated rings. The summed E-state index contributed by atoms with van der Waals surface area (Å²) < 4.78 is 7.19. The Balaban J connectivity index is 1.43. The van der Waals surface area contributed by atoms with Crippen LogP contribution in [0.1, 0.15) is 31.4 Å². The number of amides is 1. The molecule has 4 rings (SSSR count). The Bertz CT molecular complexity index is 909. The van der Waals surface area contributed by atoms with Crippen LogP contribution >= 0.6 is 0 Å². The lowest BCUT2D eigenvalue weighted by molar-refractivity contribution is -0.128. The van der Waals surface area contributed by atoms with E-state index in [4.69, 9.17) is 4.42 Å². The first-order valence-corrected chi connectivity index (χ1v) is 9.75. The fraction of sp³-hybridized carbons (Fsp3) is 0.318. The summed E-state index contributed by atoms with van der Waals surface area (Å²) in [6, 6.07) is 9.85. The predicted octanol–water partition coefficient (Wildman–Crippen LogP) is 4.02. The summed E-state index contributed by atoms with van der Waals surface area (Å²) >= 11 is 0. The third kappa shape index (κ3) is 4.39. The molecule has 0 aromatic carbocycles. The second-order valence-corrected chi connectivity index (χ2v) is 7.02. The lowest BCUT2D eigenvalue weighted by Crippen LogP contribution is -2.40. The number of rotatable bonds is 7. The van der Waals surface area contributed by atoms with E-state index < -0.39 is 0 Å². The van der Waals surface area contributed by atoms with Crippen LogP contribution in [0.25, 0.3) is 17.3 Å². The van der Waals surface area contributed by atoms with Gasteiger partial charge in [-0.2, -0.15) is 5.10 Å². The van der Waals surface area contributed by atoms with Gasteiger partial charge in [-0.3, -0.25) is 14.5 Å². The molecule has 6 nitrogen and oxygen atoms in total. The van der Waals surface area contributed by atoms with Gasteiger partial charge in [0.25, 0.3) is 0 Å². The molecule has 0 spiro atoms. The van der Waals surface area contributed by atoms with Crippen molar-refractivity contribution in [2.45, 2.75) is 38.3 Å². The maximum atomic E-state index is 12.8. The van der Waals surface area contributed by atoms with Crippen LogP contribution in [0.4, 0.5) is 0 Å². The van der Waals surface area contributed by atoms with Crippen molar-refractivity contribution in [2.75, 3.05) is 6.54 Å². The summed E-state index contributed by atoms with van der Waals surface area (Å²) in [5.41, 5.74) is 1.96. The minimum Gasteiger partial charge on any atom is -0.465 e. The molecule has 144 valence electrons. The van der Waals surface area contributed by atoms with Crippen LogP contribution in [0, 0.1) is 0 Å². The van der Waals surface area contributed by atoms with Crippen LogP contribution < -0.4 is 0 Å². The third-order valence-electron chi connectivity index (χ3n) is 5.17. The maximum Gasteiger partial charge on any atom is 0.247 e. The molecule has 3 heterocycles. The Kier molecular flexibility index (Phi) is 5.66. The molecule has 0 aliphatic heterocycles. The Hall–Kier alpha value is -3.15. The van der Waals surface area contributed by atoms with Crippen LogP contribution in [-0.4, -0.2) is 38.2 Å². The highest BCUT2D eigenvalue weighted by molar-refractivity contribution is 5.91. The number of hydrogen-bond acceptors (Lipinski definition) is 4. The van der Waals surface area contributed by atoms with E-state index in [0.29, 0.717) is 24.9 Å². The Labute approximate surface area is 164 Å². The zero-order chi connectivity index (χ0) is 19.2. The van der Waals surface area contributed by atoms with E-state index in [2.05, 4.69) is 10.1 Å². The Morgan fingerprint density at radius 1 is 1.21 bits per heavy atom. The number of carbonyl (C=O) groups excluding carboxylic acids is 1. The highest BCUT2D eigenvalue weighted by atomic mass is 16.3. The molecular formula is C22H24N4O2. The zero-order valence-corrected chi connectivity index (χ0v) is 15.8. The second-order valence-electron chi connectivity index (χ2n) is 7.02. The van der Waals surface area contributed by atoms with Gasteiger partial charge in [-0.1, -0.05) is 12.8 Å². The summed E-state index contributed by atoms with van der Waals surface area (Å²) in [7, 11) is 0. The maximum absolute atomic E-state index is 12.8. The summed E-state index contributed by atoms with van der Waals surface area (Å²) in [5, 5.41) is 4.64. The Morgan fingerprint density at radius 3 is 2.79 bits per heavy atom. The zero-order valence-electron chi connectivity index (χ0n) is 15.8. The van der Waals surface area contributed by atoms with E-state index in [1.54, 1.807) is 30.8 Å². The van der Waals surface area contributed by atoms with Crippen molar-refractivity contribution >= 4 is 12.0 Å². The molecule has 0 atom stereocenters. The first-order valence-electron chi connectivity index (χ1n) is 9.75. The van der Waals surface area contributed by atoms with E-state index in [1.807, 2.05) is 46.1 Å². The minimum atomic E-state index is 0.0322. The van der Waals surface area contributed by atoms with Crippen molar-refractivity contribution in [1.82, 2.24) is 19.7 Å². The van der Waals surface area contributed by atoms with E-state index in [0.717, 1.165) is 24.1 Å². The lowest BCUT2D eigenvalue weighted by Gasteiger charge is -2.28. The van der Waals surface area contributed by atoms with Gasteiger partial charge in [0.2, 0.25) is 5.91 Å². The van der Waals surface area contributed by atoms with E-state index in [9.17, 15) is 4.79 Å². The van der Waals surface area contributed by atoms with Gasteiger partial charge in [0.05, 0.1) is 18.5 Å². The van der Waals surface area contributed by atoms with Gasteiger partial charge >= 0.3 is 0 Å². The molecule has 0 unspecified atom stereocenters. The Morgan fingerprint density at radius 2 is 2.04 bits per heavy atom. The number of carbonyl (C=O) groups is 1. The highest BCUT2D eigenvalue weighted by Gasteiger charge is 2.25. The van der Waals surface area contributed by atoms with E-state index in [1.165, 1.54) is 12.8 Å². The quantitative estimate of drug-likeness (QED) is 0.584. The summed E-state index contributed by atoms with van der Waals surface area (Å²) in [6.45, 7) is 1.31. The van der Waals surface area contributed by atoms with Crippen molar-refractivity contribution in [1.29, 1.82) is 0 Å². The molecule has 3 aromatic heterocycles. The van der Waals surface area contributed by atoms with Gasteiger partial charge in [-0.05, 0) is 49.2 Å². The minimum absolute atomic E-state index is 0.0322. The number of aromatic nitrogens is 3. The lowest BCUT2D eigenvalue weighted by atomic mass is 10.2. The summed E-state index contributed by atoms with van der Waals surface area (Å²) in [6.07, 6.45) is 15.0. The molecule has 6 heteroatoms. The van der Waals surface area contributed by atoms with E-state index >= 15 is 0 Å². The van der Waals surface area contributed by atoms with Crippen LogP contribution in [0.2, 0.25) is 0 Å². The molecular weight excluding hydrogens is 352 g/mol. The predicted molar refractivity (Wildman–Crippen MR) is 107 cm³/mol. The van der Waals surface area contributed by atoms with Gasteiger partial charge in [0, 0.05) is 42.8 Å². The standard InChI is InChI=1S/C22H24N4O2/c27-22(8-7-20-6-3-17-28-20)26(19-4-1-2-5-19)16-15-25-14-11-21(24-25)18-9-12-23-13-10-18/h3,6-14,17,19H,1-2,4-5,15-16H2. The highest BCUT2D eigenvalue weighted by Crippen LogP contribution is 2.24. The largest absolute Gasteiger partial charge is 0.465 e. The van der Waals surface area contributed by atoms with Crippen LogP contribution in [0.15, 0.2) is 65.7 Å². The molecule has 1 saturated carbocycles. The fourth-order valence-electron chi connectivity index (χ4n) is 3.70. The second kappa shape index (κ2) is 8.69. The molecule has 1 amide bonds. The van der Waals surface area contributed by atoms with Gasteiger partial charge in [0.1, 0.15) is 5.76 Å². The van der Waals surface area contributed by atoms with Crippen molar-refractivity contribution < 1.29 is 9.21 Å². The topological polar surface area (TPSA) is 64.2 Å². The molecule has 0 saturated heterocycles. The van der Waals surface area contributed by atoms with Gasteiger partial charge in [0.15, 0.2) is 0 Å². The normalized spacial score (nSPS) is 14.7. The smallest absolute Gasteiger partial charge is 0.247 e. The van der Waals surface area contributed by atoms with Crippen LogP contribution in [0.3, 0.4) is 0 Å². The van der Waals surface area contributed by atoms with Crippen molar-refractivity contribution in [3.05, 3.63) is 67.0 Å². The molecule has 0 radical (unpaired) electrons. The SMILES string of the molecule is O=C(C=Cc1ccco1)N(CCn1ccc(-c2ccncc2)n1)C1CCCC1. The average molecular weight is 376 g/mol. The number of pyridine rings is 1. The van der Waals surface area contributed by atoms with Crippen molar-refractivity contribution in [2.24, 2.45) is 0 Å². The fourth-order valence-corrected chi connectivity index (χ4v) is 3.70. The number of hydrogen-bond donors (Lipinski definition) is 0. The van der Waals surface area contributed by atoms with E-state index in [-0.39, 0.29) is 5.91 Å². The average Bonchev–Trinajstić information content (AvgIpc) is 3.50. The molecule has 3 aromatic rings. The summed E-state index contributed by atoms with van der Waals surface area (Å²) in [4.78, 5) is 18.9. The number of nitrogens with zero attached hydrogens (tertiary/aromatic N) is 4. The molecule has 1 aliphatic carbocycles. The molecule has 0 bridgehead atoms. The molecule has 1 aliphatic rings.